The van der Waals surface area contributed by atoms with E-state index in [1.54, 1.807) is 42.4 Å². The molecule has 128 valence electrons. The summed E-state index contributed by atoms with van der Waals surface area (Å²) in [5.74, 6) is -0.133. The van der Waals surface area contributed by atoms with Gasteiger partial charge in [-0.2, -0.15) is 0 Å². The first-order valence-electron chi connectivity index (χ1n) is 7.97. The third-order valence-electron chi connectivity index (χ3n) is 3.62. The van der Waals surface area contributed by atoms with Gasteiger partial charge in [0.1, 0.15) is 6.29 Å². The Morgan fingerprint density at radius 1 is 1.12 bits per heavy atom. The van der Waals surface area contributed by atoms with Gasteiger partial charge in [-0.05, 0) is 68.3 Å². The second-order valence-electron chi connectivity index (χ2n) is 5.98. The maximum absolute atomic E-state index is 12.2. The lowest BCUT2D eigenvalue weighted by molar-refractivity contribution is -0.110. The number of anilines is 2. The van der Waals surface area contributed by atoms with Gasteiger partial charge in [0.05, 0.1) is 5.57 Å². The average Bonchev–Trinajstić information content (AvgIpc) is 2.93. The molecule has 0 aliphatic carbocycles. The van der Waals surface area contributed by atoms with Crippen LogP contribution in [-0.4, -0.2) is 18.2 Å². The van der Waals surface area contributed by atoms with Gasteiger partial charge in [-0.15, -0.1) is 0 Å². The summed E-state index contributed by atoms with van der Waals surface area (Å²) in [6.45, 7) is 4.16. The van der Waals surface area contributed by atoms with Crippen molar-refractivity contribution in [3.8, 4) is 0 Å². The molecule has 1 aliphatic heterocycles. The first-order valence-corrected chi connectivity index (χ1v) is 8.78. The first-order chi connectivity index (χ1) is 12.1. The lowest BCUT2D eigenvalue weighted by Gasteiger charge is -2.08. The normalized spacial score (nSPS) is 14.5. The van der Waals surface area contributed by atoms with Crippen LogP contribution in [0.2, 0.25) is 0 Å². The molecule has 0 saturated heterocycles. The molecule has 3 rings (SSSR count). The largest absolute Gasteiger partial charge is 0.361 e. The number of aldehydes is 1. The van der Waals surface area contributed by atoms with Crippen molar-refractivity contribution in [3.05, 3.63) is 59.8 Å². The lowest BCUT2D eigenvalue weighted by atomic mass is 10.1. The first kappa shape index (κ1) is 17.3. The molecule has 0 radical (unpaired) electrons. The Hall–Kier alpha value is -2.57. The minimum absolute atomic E-state index is 0.133. The van der Waals surface area contributed by atoms with Crippen molar-refractivity contribution in [1.82, 2.24) is 4.72 Å². The van der Waals surface area contributed by atoms with Crippen LogP contribution >= 0.6 is 11.9 Å². The summed E-state index contributed by atoms with van der Waals surface area (Å²) in [4.78, 5) is 24.0. The fraction of sp³-hybridized carbons (Fsp3) is 0.158. The van der Waals surface area contributed by atoms with Crippen LogP contribution in [0.4, 0.5) is 11.4 Å². The highest BCUT2D eigenvalue weighted by Crippen LogP contribution is 2.34. The van der Waals surface area contributed by atoms with Crippen molar-refractivity contribution in [2.45, 2.75) is 24.8 Å². The van der Waals surface area contributed by atoms with Gasteiger partial charge in [0.15, 0.2) is 0 Å². The molecule has 0 bridgehead atoms. The molecular formula is C19H19N3O2S. The fourth-order valence-corrected chi connectivity index (χ4v) is 3.06. The Morgan fingerprint density at radius 2 is 1.88 bits per heavy atom. The molecule has 0 aromatic heterocycles. The number of rotatable bonds is 6. The van der Waals surface area contributed by atoms with Crippen molar-refractivity contribution >= 4 is 41.1 Å². The topological polar surface area (TPSA) is 70.2 Å². The molecule has 5 nitrogen and oxygen atoms in total. The molecule has 1 aliphatic rings. The van der Waals surface area contributed by atoms with Crippen molar-refractivity contribution in [1.29, 1.82) is 0 Å². The van der Waals surface area contributed by atoms with Crippen LogP contribution in [-0.2, 0) is 4.79 Å². The molecule has 0 unspecified atom stereocenters. The van der Waals surface area contributed by atoms with Crippen LogP contribution in [0.15, 0.2) is 53.6 Å². The molecule has 1 amide bonds. The van der Waals surface area contributed by atoms with Gasteiger partial charge >= 0.3 is 0 Å². The fourth-order valence-electron chi connectivity index (χ4n) is 2.37. The van der Waals surface area contributed by atoms with Crippen molar-refractivity contribution in [2.75, 3.05) is 10.6 Å². The van der Waals surface area contributed by atoms with Crippen LogP contribution in [0.25, 0.3) is 5.57 Å². The minimum Gasteiger partial charge on any atom is -0.361 e. The van der Waals surface area contributed by atoms with Gasteiger partial charge in [0.2, 0.25) is 0 Å². The Bertz CT molecular complexity index is 829. The Labute approximate surface area is 151 Å². The Kier molecular flexibility index (Phi) is 5.21. The quantitative estimate of drug-likeness (QED) is 0.417. The van der Waals surface area contributed by atoms with Gasteiger partial charge in [0, 0.05) is 39.6 Å². The van der Waals surface area contributed by atoms with E-state index in [1.165, 1.54) is 0 Å². The minimum atomic E-state index is -0.133. The van der Waals surface area contributed by atoms with E-state index >= 15 is 0 Å². The van der Waals surface area contributed by atoms with E-state index in [0.29, 0.717) is 17.2 Å². The summed E-state index contributed by atoms with van der Waals surface area (Å²) in [6, 6.07) is 13.3. The van der Waals surface area contributed by atoms with E-state index in [2.05, 4.69) is 29.2 Å². The van der Waals surface area contributed by atoms with Crippen LogP contribution in [0, 0.1) is 0 Å². The molecule has 1 heterocycles. The second-order valence-corrected chi connectivity index (χ2v) is 6.89. The zero-order valence-corrected chi connectivity index (χ0v) is 14.8. The van der Waals surface area contributed by atoms with Crippen molar-refractivity contribution < 1.29 is 9.59 Å². The van der Waals surface area contributed by atoms with E-state index in [1.807, 2.05) is 18.2 Å². The van der Waals surface area contributed by atoms with Crippen LogP contribution in [0.1, 0.15) is 29.8 Å². The zero-order valence-electron chi connectivity index (χ0n) is 14.0. The maximum atomic E-state index is 12.2. The molecule has 0 atom stereocenters. The number of amides is 1. The molecule has 0 saturated carbocycles. The molecule has 2 aromatic rings. The van der Waals surface area contributed by atoms with Crippen LogP contribution in [0.3, 0.4) is 0 Å². The number of hydrogen-bond donors (Lipinski definition) is 3. The average molecular weight is 353 g/mol. The van der Waals surface area contributed by atoms with Gasteiger partial charge in [-0.1, -0.05) is 0 Å². The third-order valence-corrected chi connectivity index (χ3v) is 4.70. The summed E-state index contributed by atoms with van der Waals surface area (Å²) in [5.41, 5.74) is 3.69. The summed E-state index contributed by atoms with van der Waals surface area (Å²) >= 11 is 1.55. The molecule has 0 spiro atoms. The molecule has 2 aromatic carbocycles. The predicted molar refractivity (Wildman–Crippen MR) is 103 cm³/mol. The van der Waals surface area contributed by atoms with Gasteiger partial charge in [-0.25, -0.2) is 0 Å². The van der Waals surface area contributed by atoms with E-state index in [9.17, 15) is 9.59 Å². The highest BCUT2D eigenvalue weighted by Gasteiger charge is 2.24. The summed E-state index contributed by atoms with van der Waals surface area (Å²) < 4.78 is 3.30. The molecule has 6 heteroatoms. The summed E-state index contributed by atoms with van der Waals surface area (Å²) in [7, 11) is 0. The number of nitrogens with one attached hydrogen (secondary N) is 3. The Morgan fingerprint density at radius 3 is 2.56 bits per heavy atom. The van der Waals surface area contributed by atoms with E-state index in [4.69, 9.17) is 0 Å². The summed E-state index contributed by atoms with van der Waals surface area (Å²) in [6.07, 6.45) is 2.49. The van der Waals surface area contributed by atoms with E-state index in [-0.39, 0.29) is 5.91 Å². The highest BCUT2D eigenvalue weighted by molar-refractivity contribution is 7.97. The van der Waals surface area contributed by atoms with Gasteiger partial charge in [0.25, 0.3) is 5.91 Å². The van der Waals surface area contributed by atoms with Crippen molar-refractivity contribution in [3.63, 3.8) is 0 Å². The number of hydrogen-bond acceptors (Lipinski definition) is 5. The molecule has 0 fully saturated rings. The van der Waals surface area contributed by atoms with E-state index in [0.717, 1.165) is 28.1 Å². The second kappa shape index (κ2) is 7.55. The predicted octanol–water partition coefficient (Wildman–Crippen LogP) is 3.91. The maximum Gasteiger partial charge on any atom is 0.257 e. The van der Waals surface area contributed by atoms with Crippen LogP contribution < -0.4 is 15.4 Å². The smallest absolute Gasteiger partial charge is 0.257 e. The number of benzene rings is 2. The highest BCUT2D eigenvalue weighted by atomic mass is 32.2. The molecule has 3 N–H and O–H groups in total. The molecule has 25 heavy (non-hydrogen) atoms. The van der Waals surface area contributed by atoms with Gasteiger partial charge < -0.3 is 10.6 Å². The van der Waals surface area contributed by atoms with Gasteiger partial charge in [-0.3, -0.25) is 14.3 Å². The van der Waals surface area contributed by atoms with Crippen molar-refractivity contribution in [2.24, 2.45) is 0 Å². The SMILES string of the molecule is CC(C)NSc1ccc2c(c1)/C(=C/Nc1ccc(C=O)cc1)C(=O)N2. The zero-order chi connectivity index (χ0) is 17.8. The number of fused-ring (bicyclic) bond motifs is 1. The third kappa shape index (κ3) is 4.10. The monoisotopic (exact) mass is 353 g/mol. The number of carbonyl (C=O) groups excluding carboxylic acids is 2. The lowest BCUT2D eigenvalue weighted by Crippen LogP contribution is -2.13. The Balaban J connectivity index is 1.81. The van der Waals surface area contributed by atoms with E-state index < -0.39 is 0 Å². The summed E-state index contributed by atoms with van der Waals surface area (Å²) in [5, 5.41) is 5.99. The standard InChI is InChI=1S/C19H19N3O2S/c1-12(2)22-25-15-7-8-18-16(9-15)17(19(24)21-18)10-20-14-5-3-13(11-23)4-6-14/h3-12,20,22H,1-2H3,(H,21,24)/b17-10-. The van der Waals surface area contributed by atoms with Crippen LogP contribution in [0.5, 0.6) is 0 Å². The number of carbonyl (C=O) groups is 2. The molecular weight excluding hydrogens is 334 g/mol.